The van der Waals surface area contributed by atoms with E-state index in [2.05, 4.69) is 18.8 Å². The molecule has 3 heteroatoms. The molecule has 0 aliphatic rings. The molecule has 0 N–H and O–H groups in total. The number of imidazole rings is 1. The standard InChI is InChI=1S/C16H20N2O/c1-3-14(13-8-6-5-7-9-13)15(19)12-16-17-10-11-18(16)4-2/h5-11,14H,3-4,12H2,1-2H3. The van der Waals surface area contributed by atoms with Crippen molar-refractivity contribution in [2.75, 3.05) is 0 Å². The SMILES string of the molecule is CCC(C(=O)Cc1nccn1CC)c1ccccc1. The molecule has 0 spiro atoms. The van der Waals surface area contributed by atoms with Crippen LogP contribution in [-0.2, 0) is 17.8 Å². The van der Waals surface area contributed by atoms with Crippen LogP contribution >= 0.6 is 0 Å². The van der Waals surface area contributed by atoms with Gasteiger partial charge in [0.2, 0.25) is 0 Å². The fourth-order valence-corrected chi connectivity index (χ4v) is 2.41. The van der Waals surface area contributed by atoms with Crippen molar-refractivity contribution >= 4 is 5.78 Å². The van der Waals surface area contributed by atoms with E-state index in [0.29, 0.717) is 6.42 Å². The maximum Gasteiger partial charge on any atom is 0.147 e. The van der Waals surface area contributed by atoms with Crippen LogP contribution in [0.4, 0.5) is 0 Å². The predicted molar refractivity (Wildman–Crippen MR) is 76.1 cm³/mol. The van der Waals surface area contributed by atoms with Crippen molar-refractivity contribution in [1.82, 2.24) is 9.55 Å². The van der Waals surface area contributed by atoms with Gasteiger partial charge in [0.1, 0.15) is 11.6 Å². The predicted octanol–water partition coefficient (Wildman–Crippen LogP) is 3.21. The summed E-state index contributed by atoms with van der Waals surface area (Å²) in [5, 5.41) is 0. The van der Waals surface area contributed by atoms with E-state index in [0.717, 1.165) is 24.4 Å². The Morgan fingerprint density at radius 1 is 1.26 bits per heavy atom. The number of aryl methyl sites for hydroxylation is 1. The number of ketones is 1. The highest BCUT2D eigenvalue weighted by molar-refractivity contribution is 5.87. The number of carbonyl (C=O) groups is 1. The Morgan fingerprint density at radius 3 is 2.63 bits per heavy atom. The molecule has 0 aliphatic carbocycles. The van der Waals surface area contributed by atoms with Crippen molar-refractivity contribution in [3.8, 4) is 0 Å². The number of aromatic nitrogens is 2. The Balaban J connectivity index is 2.14. The highest BCUT2D eigenvalue weighted by Crippen LogP contribution is 2.21. The lowest BCUT2D eigenvalue weighted by molar-refractivity contribution is -0.120. The van der Waals surface area contributed by atoms with Crippen LogP contribution < -0.4 is 0 Å². The number of hydrogen-bond acceptors (Lipinski definition) is 2. The molecule has 1 aromatic heterocycles. The Hall–Kier alpha value is -1.90. The average Bonchev–Trinajstić information content (AvgIpc) is 2.88. The summed E-state index contributed by atoms with van der Waals surface area (Å²) in [6, 6.07) is 10.00. The van der Waals surface area contributed by atoms with Crippen LogP contribution in [0.5, 0.6) is 0 Å². The molecule has 3 nitrogen and oxygen atoms in total. The zero-order chi connectivity index (χ0) is 13.7. The Kier molecular flexibility index (Phi) is 4.50. The molecule has 1 heterocycles. The van der Waals surface area contributed by atoms with Gasteiger partial charge in [-0.1, -0.05) is 37.3 Å². The van der Waals surface area contributed by atoms with Crippen molar-refractivity contribution in [2.24, 2.45) is 0 Å². The minimum absolute atomic E-state index is 0.0248. The molecule has 0 aliphatic heterocycles. The number of benzene rings is 1. The van der Waals surface area contributed by atoms with Gasteiger partial charge in [0.05, 0.1) is 6.42 Å². The molecular formula is C16H20N2O. The van der Waals surface area contributed by atoms with Crippen LogP contribution in [-0.4, -0.2) is 15.3 Å². The van der Waals surface area contributed by atoms with Gasteiger partial charge in [-0.05, 0) is 18.9 Å². The van der Waals surface area contributed by atoms with Gasteiger partial charge >= 0.3 is 0 Å². The van der Waals surface area contributed by atoms with E-state index in [9.17, 15) is 4.79 Å². The third-order valence-electron chi connectivity index (χ3n) is 3.47. The van der Waals surface area contributed by atoms with Crippen LogP contribution in [0.15, 0.2) is 42.7 Å². The van der Waals surface area contributed by atoms with Crippen molar-refractivity contribution < 1.29 is 4.79 Å². The summed E-state index contributed by atoms with van der Waals surface area (Å²) in [4.78, 5) is 16.7. The molecule has 0 bridgehead atoms. The first-order valence-corrected chi connectivity index (χ1v) is 6.83. The topological polar surface area (TPSA) is 34.9 Å². The third-order valence-corrected chi connectivity index (χ3v) is 3.47. The molecule has 1 unspecified atom stereocenters. The fourth-order valence-electron chi connectivity index (χ4n) is 2.41. The molecule has 0 fully saturated rings. The van der Waals surface area contributed by atoms with Gasteiger partial charge in [0.15, 0.2) is 0 Å². The van der Waals surface area contributed by atoms with Crippen LogP contribution in [0.2, 0.25) is 0 Å². The molecule has 1 aromatic carbocycles. The summed E-state index contributed by atoms with van der Waals surface area (Å²) in [6.45, 7) is 4.97. The number of nitrogens with zero attached hydrogens (tertiary/aromatic N) is 2. The largest absolute Gasteiger partial charge is 0.335 e. The third kappa shape index (κ3) is 3.11. The second-order valence-corrected chi connectivity index (χ2v) is 4.64. The Morgan fingerprint density at radius 2 is 2.00 bits per heavy atom. The van der Waals surface area contributed by atoms with Crippen molar-refractivity contribution in [3.05, 3.63) is 54.1 Å². The normalized spacial score (nSPS) is 12.3. The number of Topliss-reactive ketones (excluding diaryl/α,β-unsaturated/α-hetero) is 1. The summed E-state index contributed by atoms with van der Waals surface area (Å²) < 4.78 is 2.02. The van der Waals surface area contributed by atoms with E-state index < -0.39 is 0 Å². The van der Waals surface area contributed by atoms with Gasteiger partial charge in [-0.25, -0.2) is 4.98 Å². The quantitative estimate of drug-likeness (QED) is 0.795. The highest BCUT2D eigenvalue weighted by atomic mass is 16.1. The number of carbonyl (C=O) groups excluding carboxylic acids is 1. The van der Waals surface area contributed by atoms with E-state index in [1.54, 1.807) is 6.20 Å². The molecule has 0 saturated carbocycles. The molecule has 0 amide bonds. The van der Waals surface area contributed by atoms with Crippen molar-refractivity contribution in [2.45, 2.75) is 39.2 Å². The van der Waals surface area contributed by atoms with Gasteiger partial charge in [0, 0.05) is 24.9 Å². The summed E-state index contributed by atoms with van der Waals surface area (Å²) in [7, 11) is 0. The van der Waals surface area contributed by atoms with Gasteiger partial charge in [0.25, 0.3) is 0 Å². The zero-order valence-electron chi connectivity index (χ0n) is 11.5. The minimum atomic E-state index is -0.0248. The minimum Gasteiger partial charge on any atom is -0.335 e. The first-order valence-electron chi connectivity index (χ1n) is 6.83. The molecule has 19 heavy (non-hydrogen) atoms. The van der Waals surface area contributed by atoms with E-state index in [4.69, 9.17) is 0 Å². The monoisotopic (exact) mass is 256 g/mol. The van der Waals surface area contributed by atoms with Gasteiger partial charge < -0.3 is 4.57 Å². The lowest BCUT2D eigenvalue weighted by Crippen LogP contribution is -2.17. The van der Waals surface area contributed by atoms with Crippen LogP contribution in [0, 0.1) is 0 Å². The van der Waals surface area contributed by atoms with E-state index in [1.807, 2.05) is 41.1 Å². The van der Waals surface area contributed by atoms with E-state index in [1.165, 1.54) is 0 Å². The Labute approximate surface area is 114 Å². The molecule has 100 valence electrons. The van der Waals surface area contributed by atoms with Crippen molar-refractivity contribution in [3.63, 3.8) is 0 Å². The van der Waals surface area contributed by atoms with Gasteiger partial charge in [-0.15, -0.1) is 0 Å². The van der Waals surface area contributed by atoms with Gasteiger partial charge in [-0.3, -0.25) is 4.79 Å². The molecule has 2 rings (SSSR count). The number of rotatable bonds is 6. The lowest BCUT2D eigenvalue weighted by Gasteiger charge is -2.14. The van der Waals surface area contributed by atoms with Crippen LogP contribution in [0.3, 0.4) is 0 Å². The molecule has 0 saturated heterocycles. The maximum atomic E-state index is 12.5. The maximum absolute atomic E-state index is 12.5. The molecule has 2 aromatic rings. The second kappa shape index (κ2) is 6.32. The summed E-state index contributed by atoms with van der Waals surface area (Å²) in [6.07, 6.45) is 4.92. The van der Waals surface area contributed by atoms with Crippen LogP contribution in [0.25, 0.3) is 0 Å². The summed E-state index contributed by atoms with van der Waals surface area (Å²) in [5.74, 6) is 1.08. The van der Waals surface area contributed by atoms with E-state index >= 15 is 0 Å². The zero-order valence-corrected chi connectivity index (χ0v) is 11.5. The lowest BCUT2D eigenvalue weighted by atomic mass is 9.90. The van der Waals surface area contributed by atoms with Gasteiger partial charge in [-0.2, -0.15) is 0 Å². The van der Waals surface area contributed by atoms with E-state index in [-0.39, 0.29) is 11.7 Å². The summed E-state index contributed by atoms with van der Waals surface area (Å²) >= 11 is 0. The first-order chi connectivity index (χ1) is 9.26. The number of hydrogen-bond donors (Lipinski definition) is 0. The highest BCUT2D eigenvalue weighted by Gasteiger charge is 2.20. The molecule has 1 atom stereocenters. The summed E-state index contributed by atoms with van der Waals surface area (Å²) in [5.41, 5.74) is 1.10. The fraction of sp³-hybridized carbons (Fsp3) is 0.375. The van der Waals surface area contributed by atoms with Crippen molar-refractivity contribution in [1.29, 1.82) is 0 Å². The Bertz CT molecular complexity index is 531. The first kappa shape index (κ1) is 13.5. The van der Waals surface area contributed by atoms with Crippen LogP contribution in [0.1, 0.15) is 37.6 Å². The smallest absolute Gasteiger partial charge is 0.147 e. The second-order valence-electron chi connectivity index (χ2n) is 4.64. The average molecular weight is 256 g/mol. The molecule has 0 radical (unpaired) electrons. The molecular weight excluding hydrogens is 236 g/mol.